The van der Waals surface area contributed by atoms with Crippen molar-refractivity contribution < 1.29 is 14.0 Å². The molecule has 3 aliphatic heterocycles. The Morgan fingerprint density at radius 3 is 2.35 bits per heavy atom. The van der Waals surface area contributed by atoms with Crippen LogP contribution < -0.4 is 10.6 Å². The van der Waals surface area contributed by atoms with Crippen molar-refractivity contribution in [2.24, 2.45) is 15.1 Å². The number of nitrogens with zero attached hydrogens (tertiary/aromatic N) is 4. The van der Waals surface area contributed by atoms with E-state index in [4.69, 9.17) is 0 Å². The summed E-state index contributed by atoms with van der Waals surface area (Å²) in [5.74, 6) is 0.0573. The molecular weight excluding hydrogens is 491 g/mol. The van der Waals surface area contributed by atoms with Crippen molar-refractivity contribution >= 4 is 46.6 Å². The molecule has 8 nitrogen and oxygen atoms in total. The summed E-state index contributed by atoms with van der Waals surface area (Å²) in [5, 5.41) is 11.4. The molecule has 3 aromatic carbocycles. The largest absolute Gasteiger partial charge is 0.329 e. The molecule has 6 rings (SSSR count). The smallest absolute Gasteiger partial charge is 0.320 e. The molecule has 0 bridgehead atoms. The van der Waals surface area contributed by atoms with Crippen LogP contribution in [0.5, 0.6) is 0 Å². The summed E-state index contributed by atoms with van der Waals surface area (Å²) in [7, 11) is 0. The van der Waals surface area contributed by atoms with Gasteiger partial charge in [-0.15, -0.1) is 5.10 Å². The molecule has 2 N–H and O–H groups in total. The second-order valence-corrected chi connectivity index (χ2v) is 9.51. The second kappa shape index (κ2) is 9.47. The number of hydrogen-bond donors (Lipinski definition) is 2. The van der Waals surface area contributed by atoms with Crippen LogP contribution in [0.4, 0.5) is 9.18 Å². The Morgan fingerprint density at radius 2 is 1.62 bits per heavy atom. The van der Waals surface area contributed by atoms with Crippen LogP contribution in [0.1, 0.15) is 22.7 Å². The Morgan fingerprint density at radius 1 is 0.919 bits per heavy atom. The van der Waals surface area contributed by atoms with Gasteiger partial charge in [0.2, 0.25) is 5.17 Å². The van der Waals surface area contributed by atoms with Crippen LogP contribution in [0.25, 0.3) is 6.08 Å². The molecule has 3 amide bonds. The van der Waals surface area contributed by atoms with E-state index in [1.165, 1.54) is 28.9 Å². The van der Waals surface area contributed by atoms with Crippen LogP contribution >= 0.6 is 11.8 Å². The maximum Gasteiger partial charge on any atom is 0.320 e. The fourth-order valence-electron chi connectivity index (χ4n) is 4.20. The van der Waals surface area contributed by atoms with Crippen LogP contribution in [0, 0.1) is 5.82 Å². The monoisotopic (exact) mass is 510 g/mol. The molecule has 1 saturated heterocycles. The lowest BCUT2D eigenvalue weighted by Crippen LogP contribution is -2.54. The number of aliphatic imine (C=N–C) groups is 2. The SMILES string of the molecule is O=C1NC2=N/C(=N/N3C(=O)/C(=C\c4ccccc4)N=C3c3ccccc3)SC2C(c2ccc(F)cc2)N1. The van der Waals surface area contributed by atoms with E-state index in [-0.39, 0.29) is 22.7 Å². The number of amidine groups is 3. The fourth-order valence-corrected chi connectivity index (χ4v) is 5.29. The van der Waals surface area contributed by atoms with Crippen molar-refractivity contribution in [3.8, 4) is 0 Å². The van der Waals surface area contributed by atoms with Gasteiger partial charge in [0.15, 0.2) is 5.84 Å². The van der Waals surface area contributed by atoms with E-state index < -0.39 is 12.1 Å². The van der Waals surface area contributed by atoms with Gasteiger partial charge >= 0.3 is 6.03 Å². The van der Waals surface area contributed by atoms with Gasteiger partial charge in [-0.1, -0.05) is 84.6 Å². The molecule has 10 heteroatoms. The van der Waals surface area contributed by atoms with Crippen molar-refractivity contribution in [1.82, 2.24) is 15.6 Å². The van der Waals surface area contributed by atoms with Gasteiger partial charge < -0.3 is 5.32 Å². The number of rotatable bonds is 4. The Kier molecular flexibility index (Phi) is 5.85. The molecule has 1 fully saturated rings. The molecule has 182 valence electrons. The summed E-state index contributed by atoms with van der Waals surface area (Å²) in [6.45, 7) is 0. The highest BCUT2D eigenvalue weighted by molar-refractivity contribution is 8.15. The molecule has 2 atom stereocenters. The Labute approximate surface area is 215 Å². The molecule has 0 aliphatic carbocycles. The van der Waals surface area contributed by atoms with E-state index >= 15 is 0 Å². The molecule has 3 heterocycles. The number of thioether (sulfide) groups is 1. The van der Waals surface area contributed by atoms with Gasteiger partial charge in [0, 0.05) is 5.56 Å². The molecule has 0 saturated carbocycles. The minimum absolute atomic E-state index is 0.252. The Balaban J connectivity index is 1.35. The number of carbonyl (C=O) groups is 2. The fraction of sp³-hybridized carbons (Fsp3) is 0.0741. The quantitative estimate of drug-likeness (QED) is 0.512. The maximum atomic E-state index is 13.5. The number of hydrogen-bond acceptors (Lipinski definition) is 5. The van der Waals surface area contributed by atoms with Crippen molar-refractivity contribution in [3.05, 3.63) is 113 Å². The summed E-state index contributed by atoms with van der Waals surface area (Å²) in [5.41, 5.74) is 2.55. The Hall–Kier alpha value is -4.57. The number of hydrazone groups is 1. The predicted molar refractivity (Wildman–Crippen MR) is 141 cm³/mol. The summed E-state index contributed by atoms with van der Waals surface area (Å²) >= 11 is 1.30. The summed E-state index contributed by atoms with van der Waals surface area (Å²) in [6.07, 6.45) is 1.72. The van der Waals surface area contributed by atoms with E-state index in [9.17, 15) is 14.0 Å². The highest BCUT2D eigenvalue weighted by Crippen LogP contribution is 2.36. The molecule has 3 aromatic rings. The highest BCUT2D eigenvalue weighted by atomic mass is 32.2. The molecule has 3 aliphatic rings. The number of carbonyl (C=O) groups excluding carboxylic acids is 2. The van der Waals surface area contributed by atoms with Crippen LogP contribution in [-0.4, -0.2) is 39.0 Å². The number of fused-ring (bicyclic) bond motifs is 1. The number of benzene rings is 3. The molecule has 37 heavy (non-hydrogen) atoms. The zero-order valence-electron chi connectivity index (χ0n) is 19.2. The van der Waals surface area contributed by atoms with Gasteiger partial charge in [-0.05, 0) is 29.3 Å². The Bertz CT molecular complexity index is 1500. The third-order valence-electron chi connectivity index (χ3n) is 5.94. The lowest BCUT2D eigenvalue weighted by atomic mass is 10.0. The van der Waals surface area contributed by atoms with Gasteiger partial charge in [0.1, 0.15) is 17.3 Å². The van der Waals surface area contributed by atoms with Crippen molar-refractivity contribution in [3.63, 3.8) is 0 Å². The van der Waals surface area contributed by atoms with Crippen LogP contribution in [0.3, 0.4) is 0 Å². The topological polar surface area (TPSA) is 98.5 Å². The minimum atomic E-state index is -0.448. The lowest BCUT2D eigenvalue weighted by molar-refractivity contribution is -0.122. The first-order chi connectivity index (χ1) is 18.0. The average molecular weight is 511 g/mol. The molecule has 0 radical (unpaired) electrons. The third kappa shape index (κ3) is 4.54. The van der Waals surface area contributed by atoms with Crippen LogP contribution in [0.2, 0.25) is 0 Å². The summed E-state index contributed by atoms with van der Waals surface area (Å²) < 4.78 is 13.5. The minimum Gasteiger partial charge on any atom is -0.329 e. The van der Waals surface area contributed by atoms with E-state index in [0.29, 0.717) is 16.8 Å². The van der Waals surface area contributed by atoms with E-state index in [2.05, 4.69) is 25.7 Å². The van der Waals surface area contributed by atoms with Gasteiger partial charge in [-0.25, -0.2) is 19.2 Å². The zero-order chi connectivity index (χ0) is 25.4. The van der Waals surface area contributed by atoms with Crippen LogP contribution in [0.15, 0.2) is 106 Å². The molecule has 2 unspecified atom stereocenters. The predicted octanol–water partition coefficient (Wildman–Crippen LogP) is 4.29. The zero-order valence-corrected chi connectivity index (χ0v) is 20.0. The highest BCUT2D eigenvalue weighted by Gasteiger charge is 2.41. The van der Waals surface area contributed by atoms with Gasteiger partial charge in [-0.2, -0.15) is 5.01 Å². The molecular formula is C27H19FN6O2S. The molecule has 0 spiro atoms. The third-order valence-corrected chi connectivity index (χ3v) is 7.07. The second-order valence-electron chi connectivity index (χ2n) is 8.40. The average Bonchev–Trinajstić information content (AvgIpc) is 3.46. The van der Waals surface area contributed by atoms with Gasteiger partial charge in [-0.3, -0.25) is 10.1 Å². The van der Waals surface area contributed by atoms with Crippen molar-refractivity contribution in [2.75, 3.05) is 0 Å². The first-order valence-electron chi connectivity index (χ1n) is 11.5. The first-order valence-corrected chi connectivity index (χ1v) is 12.4. The normalized spacial score (nSPS) is 23.0. The standard InChI is InChI=1S/C27H19FN6O2S/c28-19-13-11-17(12-14-19)21-22-23(31-26(36)30-21)32-27(37-22)33-34-24(18-9-5-2-6-10-18)29-20(25(34)35)15-16-7-3-1-4-8-16/h1-15,21-22H,(H2,30,31,32,33,36)/b20-15+. The number of amides is 3. The lowest BCUT2D eigenvalue weighted by Gasteiger charge is -2.30. The van der Waals surface area contributed by atoms with Crippen LogP contribution in [-0.2, 0) is 4.79 Å². The summed E-state index contributed by atoms with van der Waals surface area (Å²) in [4.78, 5) is 34.8. The van der Waals surface area contributed by atoms with Gasteiger partial charge in [0.05, 0.1) is 11.3 Å². The maximum absolute atomic E-state index is 13.5. The van der Waals surface area contributed by atoms with E-state index in [1.54, 1.807) is 18.2 Å². The molecule has 0 aromatic heterocycles. The number of halogens is 1. The summed E-state index contributed by atoms with van der Waals surface area (Å²) in [6, 6.07) is 23.9. The number of nitrogens with one attached hydrogen (secondary N) is 2. The van der Waals surface area contributed by atoms with E-state index in [1.807, 2.05) is 60.7 Å². The first kappa shape index (κ1) is 22.9. The van der Waals surface area contributed by atoms with Gasteiger partial charge in [0.25, 0.3) is 5.91 Å². The van der Waals surface area contributed by atoms with Crippen molar-refractivity contribution in [1.29, 1.82) is 0 Å². The number of urea groups is 1. The van der Waals surface area contributed by atoms with E-state index in [0.717, 1.165) is 16.7 Å². The van der Waals surface area contributed by atoms with Crippen molar-refractivity contribution in [2.45, 2.75) is 11.3 Å².